The number of carbonyl (C=O) groups is 1. The molecule has 0 aromatic heterocycles. The van der Waals surface area contributed by atoms with Crippen molar-refractivity contribution in [2.24, 2.45) is 11.8 Å². The van der Waals surface area contributed by atoms with E-state index in [9.17, 15) is 4.79 Å². The van der Waals surface area contributed by atoms with Gasteiger partial charge in [-0.1, -0.05) is 13.8 Å². The molecule has 0 spiro atoms. The predicted molar refractivity (Wildman–Crippen MR) is 68.4 cm³/mol. The van der Waals surface area contributed by atoms with Crippen molar-refractivity contribution in [3.8, 4) is 0 Å². The average molecular weight is 242 g/mol. The lowest BCUT2D eigenvalue weighted by Gasteiger charge is -2.22. The van der Waals surface area contributed by atoms with E-state index >= 15 is 0 Å². The van der Waals surface area contributed by atoms with Crippen molar-refractivity contribution >= 4 is 5.97 Å². The second-order valence-electron chi connectivity index (χ2n) is 6.16. The molecule has 1 aliphatic rings. The highest BCUT2D eigenvalue weighted by atomic mass is 16.6. The molecule has 0 aromatic rings. The quantitative estimate of drug-likeness (QED) is 0.763. The molecule has 1 saturated heterocycles. The van der Waals surface area contributed by atoms with E-state index in [2.05, 4.69) is 24.3 Å². The van der Waals surface area contributed by atoms with Gasteiger partial charge in [-0.15, -0.1) is 0 Å². The minimum absolute atomic E-state index is 0.189. The number of rotatable bonds is 4. The van der Waals surface area contributed by atoms with Gasteiger partial charge in [0.15, 0.2) is 0 Å². The number of carbonyl (C=O) groups excluding carboxylic acids is 1. The molecule has 0 radical (unpaired) electrons. The standard InChI is InChI=1S/C13H26N2O2/c1-10(2)11-6-7-15(9-11)14-8-12(16)17-13(3,4)5/h10-11,14H,6-9H2,1-5H3. The zero-order chi connectivity index (χ0) is 13.1. The monoisotopic (exact) mass is 242 g/mol. The van der Waals surface area contributed by atoms with Gasteiger partial charge in [-0.2, -0.15) is 0 Å². The van der Waals surface area contributed by atoms with Gasteiger partial charge in [-0.05, 0) is 39.0 Å². The Kier molecular flexibility index (Phi) is 4.95. The molecule has 0 amide bonds. The summed E-state index contributed by atoms with van der Waals surface area (Å²) in [6.07, 6.45) is 1.21. The fourth-order valence-electron chi connectivity index (χ4n) is 2.03. The Morgan fingerprint density at radius 3 is 2.59 bits per heavy atom. The van der Waals surface area contributed by atoms with Crippen molar-refractivity contribution in [3.63, 3.8) is 0 Å². The van der Waals surface area contributed by atoms with Crippen LogP contribution in [0.3, 0.4) is 0 Å². The third-order valence-electron chi connectivity index (χ3n) is 3.03. The van der Waals surface area contributed by atoms with Gasteiger partial charge in [0.05, 0.1) is 0 Å². The third-order valence-corrected chi connectivity index (χ3v) is 3.03. The van der Waals surface area contributed by atoms with E-state index in [1.165, 1.54) is 6.42 Å². The van der Waals surface area contributed by atoms with Crippen molar-refractivity contribution in [1.82, 2.24) is 10.4 Å². The third kappa shape index (κ3) is 5.50. The summed E-state index contributed by atoms with van der Waals surface area (Å²) in [5, 5.41) is 2.13. The minimum atomic E-state index is -0.399. The number of nitrogens with zero attached hydrogens (tertiary/aromatic N) is 1. The number of ether oxygens (including phenoxy) is 1. The Hall–Kier alpha value is -0.610. The maximum Gasteiger partial charge on any atom is 0.321 e. The number of esters is 1. The lowest BCUT2D eigenvalue weighted by molar-refractivity contribution is -0.154. The molecule has 100 valence electrons. The fourth-order valence-corrected chi connectivity index (χ4v) is 2.03. The maximum absolute atomic E-state index is 11.5. The summed E-state index contributed by atoms with van der Waals surface area (Å²) in [6.45, 7) is 12.5. The highest BCUT2D eigenvalue weighted by Crippen LogP contribution is 2.21. The summed E-state index contributed by atoms with van der Waals surface area (Å²) < 4.78 is 5.24. The van der Waals surface area contributed by atoms with Crippen LogP contribution in [-0.2, 0) is 9.53 Å². The Balaban J connectivity index is 2.22. The molecule has 0 bridgehead atoms. The Bertz CT molecular complexity index is 259. The van der Waals surface area contributed by atoms with Crippen LogP contribution < -0.4 is 5.43 Å². The van der Waals surface area contributed by atoms with Gasteiger partial charge >= 0.3 is 5.97 Å². The van der Waals surface area contributed by atoms with E-state index in [0.29, 0.717) is 5.92 Å². The van der Waals surface area contributed by atoms with E-state index in [1.807, 2.05) is 20.8 Å². The first-order valence-corrected chi connectivity index (χ1v) is 6.48. The van der Waals surface area contributed by atoms with E-state index in [1.54, 1.807) is 0 Å². The molecule has 1 unspecified atom stereocenters. The van der Waals surface area contributed by atoms with Crippen molar-refractivity contribution in [2.45, 2.75) is 46.6 Å². The summed E-state index contributed by atoms with van der Waals surface area (Å²) in [5.41, 5.74) is 2.75. The Labute approximate surface area is 105 Å². The van der Waals surface area contributed by atoms with Crippen molar-refractivity contribution < 1.29 is 9.53 Å². The van der Waals surface area contributed by atoms with Gasteiger partial charge in [0, 0.05) is 13.1 Å². The molecule has 4 heteroatoms. The Morgan fingerprint density at radius 1 is 1.47 bits per heavy atom. The molecule has 4 nitrogen and oxygen atoms in total. The first-order valence-electron chi connectivity index (χ1n) is 6.48. The van der Waals surface area contributed by atoms with Gasteiger partial charge in [0.1, 0.15) is 12.1 Å². The highest BCUT2D eigenvalue weighted by Gasteiger charge is 2.25. The lowest BCUT2D eigenvalue weighted by atomic mass is 9.96. The van der Waals surface area contributed by atoms with Gasteiger partial charge in [-0.25, -0.2) is 10.4 Å². The van der Waals surface area contributed by atoms with Crippen LogP contribution in [0.1, 0.15) is 41.0 Å². The van der Waals surface area contributed by atoms with Crippen LogP contribution in [0.15, 0.2) is 0 Å². The van der Waals surface area contributed by atoms with E-state index in [0.717, 1.165) is 19.0 Å². The van der Waals surface area contributed by atoms with E-state index in [4.69, 9.17) is 4.74 Å². The number of hydrogen-bond donors (Lipinski definition) is 1. The normalized spacial score (nSPS) is 22.1. The molecule has 1 fully saturated rings. The smallest absolute Gasteiger partial charge is 0.321 e. The van der Waals surface area contributed by atoms with Crippen LogP contribution in [0.5, 0.6) is 0 Å². The highest BCUT2D eigenvalue weighted by molar-refractivity contribution is 5.71. The first kappa shape index (κ1) is 14.5. The van der Waals surface area contributed by atoms with Gasteiger partial charge in [-0.3, -0.25) is 4.79 Å². The van der Waals surface area contributed by atoms with Crippen LogP contribution >= 0.6 is 0 Å². The molecule has 0 aromatic carbocycles. The topological polar surface area (TPSA) is 41.6 Å². The van der Waals surface area contributed by atoms with Crippen LogP contribution in [0.25, 0.3) is 0 Å². The molecule has 1 aliphatic heterocycles. The van der Waals surface area contributed by atoms with Crippen molar-refractivity contribution in [1.29, 1.82) is 0 Å². The van der Waals surface area contributed by atoms with Crippen LogP contribution in [-0.4, -0.2) is 36.2 Å². The summed E-state index contributed by atoms with van der Waals surface area (Å²) in [6, 6.07) is 0. The molecule has 0 saturated carbocycles. The molecular weight excluding hydrogens is 216 g/mol. The number of nitrogens with one attached hydrogen (secondary N) is 1. The SMILES string of the molecule is CC(C)C1CCN(NCC(=O)OC(C)(C)C)C1. The van der Waals surface area contributed by atoms with Gasteiger partial charge < -0.3 is 4.74 Å². The Morgan fingerprint density at radius 2 is 2.12 bits per heavy atom. The zero-order valence-corrected chi connectivity index (χ0v) is 11.7. The van der Waals surface area contributed by atoms with E-state index in [-0.39, 0.29) is 12.5 Å². The zero-order valence-electron chi connectivity index (χ0n) is 11.7. The van der Waals surface area contributed by atoms with Crippen LogP contribution in [0.4, 0.5) is 0 Å². The largest absolute Gasteiger partial charge is 0.459 e. The molecule has 1 atom stereocenters. The molecule has 1 rings (SSSR count). The van der Waals surface area contributed by atoms with Crippen LogP contribution in [0, 0.1) is 11.8 Å². The lowest BCUT2D eigenvalue weighted by Crippen LogP contribution is -2.41. The summed E-state index contributed by atoms with van der Waals surface area (Å²) in [4.78, 5) is 11.5. The average Bonchev–Trinajstić information content (AvgIpc) is 2.60. The number of hydrazine groups is 1. The second kappa shape index (κ2) is 5.83. The molecule has 1 N–H and O–H groups in total. The summed E-state index contributed by atoms with van der Waals surface area (Å²) in [5.74, 6) is 1.26. The maximum atomic E-state index is 11.5. The first-order chi connectivity index (χ1) is 7.78. The fraction of sp³-hybridized carbons (Fsp3) is 0.923. The second-order valence-corrected chi connectivity index (χ2v) is 6.16. The predicted octanol–water partition coefficient (Wildman–Crippen LogP) is 1.81. The van der Waals surface area contributed by atoms with Gasteiger partial charge in [0.25, 0.3) is 0 Å². The summed E-state index contributed by atoms with van der Waals surface area (Å²) >= 11 is 0. The summed E-state index contributed by atoms with van der Waals surface area (Å²) in [7, 11) is 0. The molecular formula is C13H26N2O2. The molecule has 0 aliphatic carbocycles. The van der Waals surface area contributed by atoms with Crippen molar-refractivity contribution in [3.05, 3.63) is 0 Å². The van der Waals surface area contributed by atoms with E-state index < -0.39 is 5.60 Å². The van der Waals surface area contributed by atoms with Crippen LogP contribution in [0.2, 0.25) is 0 Å². The minimum Gasteiger partial charge on any atom is -0.459 e. The molecule has 1 heterocycles. The molecule has 17 heavy (non-hydrogen) atoms. The van der Waals surface area contributed by atoms with Crippen molar-refractivity contribution in [2.75, 3.05) is 19.6 Å². The van der Waals surface area contributed by atoms with Gasteiger partial charge in [0.2, 0.25) is 0 Å². The number of hydrogen-bond acceptors (Lipinski definition) is 4.